The third-order valence-corrected chi connectivity index (χ3v) is 5.70. The van der Waals surface area contributed by atoms with Crippen LogP contribution in [0.2, 0.25) is 0 Å². The number of rotatable bonds is 6. The zero-order chi connectivity index (χ0) is 19.6. The fraction of sp³-hybridized carbons (Fsp3) is 0.368. The maximum Gasteiger partial charge on any atom is 0.264 e. The van der Waals surface area contributed by atoms with E-state index < -0.39 is 0 Å². The van der Waals surface area contributed by atoms with Crippen LogP contribution in [0.15, 0.2) is 28.1 Å². The molecule has 8 heteroatoms. The van der Waals surface area contributed by atoms with Crippen LogP contribution < -0.4 is 14.8 Å². The van der Waals surface area contributed by atoms with Gasteiger partial charge >= 0.3 is 0 Å². The van der Waals surface area contributed by atoms with Crippen LogP contribution >= 0.6 is 27.3 Å². The van der Waals surface area contributed by atoms with Gasteiger partial charge in [0.05, 0.1) is 27.5 Å². The molecule has 6 nitrogen and oxygen atoms in total. The number of carbonyl (C=O) groups excluding carboxylic acids is 2. The molecule has 1 atom stereocenters. The minimum Gasteiger partial charge on any atom is -0.492 e. The van der Waals surface area contributed by atoms with Gasteiger partial charge in [0.15, 0.2) is 0 Å². The van der Waals surface area contributed by atoms with Crippen molar-refractivity contribution in [3.8, 4) is 11.5 Å². The molecule has 1 aliphatic heterocycles. The van der Waals surface area contributed by atoms with E-state index in [-0.39, 0.29) is 24.5 Å². The van der Waals surface area contributed by atoms with Crippen LogP contribution in [0, 0.1) is 0 Å². The second kappa shape index (κ2) is 8.31. The molecule has 27 heavy (non-hydrogen) atoms. The van der Waals surface area contributed by atoms with E-state index in [2.05, 4.69) is 21.2 Å². The monoisotopic (exact) mass is 452 g/mol. The molecule has 2 aromatic rings. The number of nitrogens with zero attached hydrogens (tertiary/aromatic N) is 1. The zero-order valence-electron chi connectivity index (χ0n) is 15.4. The zero-order valence-corrected chi connectivity index (χ0v) is 17.8. The number of ether oxygens (including phenoxy) is 2. The first-order valence-electron chi connectivity index (χ1n) is 8.64. The molecule has 0 saturated heterocycles. The lowest BCUT2D eigenvalue weighted by atomic mass is 10.1. The van der Waals surface area contributed by atoms with E-state index in [1.807, 2.05) is 26.0 Å². The standard InChI is InChI=1S/C19H21BrN2O4S/c1-4-25-15-8-12-7-11(2)26-14(12)9-13(15)21-18(23)10-22(3)19(24)16-5-6-17(20)27-16/h5-6,8-9,11H,4,7,10H2,1-3H3,(H,21,23). The topological polar surface area (TPSA) is 67.9 Å². The quantitative estimate of drug-likeness (QED) is 0.720. The minimum atomic E-state index is -0.298. The van der Waals surface area contributed by atoms with Crippen LogP contribution in [0.25, 0.3) is 0 Å². The van der Waals surface area contributed by atoms with Crippen molar-refractivity contribution in [1.29, 1.82) is 0 Å². The molecule has 2 amide bonds. The summed E-state index contributed by atoms with van der Waals surface area (Å²) in [6.07, 6.45) is 0.923. The molecule has 0 radical (unpaired) electrons. The number of nitrogens with one attached hydrogen (secondary N) is 1. The molecule has 2 heterocycles. The minimum absolute atomic E-state index is 0.0612. The number of anilines is 1. The molecule has 0 saturated carbocycles. The van der Waals surface area contributed by atoms with Crippen molar-refractivity contribution in [3.63, 3.8) is 0 Å². The number of fused-ring (bicyclic) bond motifs is 1. The van der Waals surface area contributed by atoms with Crippen molar-refractivity contribution in [1.82, 2.24) is 4.90 Å². The number of amides is 2. The average molecular weight is 453 g/mol. The summed E-state index contributed by atoms with van der Waals surface area (Å²) in [6, 6.07) is 7.25. The Morgan fingerprint density at radius 1 is 1.41 bits per heavy atom. The third-order valence-electron chi connectivity index (χ3n) is 4.08. The smallest absolute Gasteiger partial charge is 0.264 e. The molecule has 1 N–H and O–H groups in total. The lowest BCUT2D eigenvalue weighted by Crippen LogP contribution is -2.34. The molecule has 1 aliphatic rings. The summed E-state index contributed by atoms with van der Waals surface area (Å²) < 4.78 is 12.3. The Morgan fingerprint density at radius 2 is 2.19 bits per heavy atom. The fourth-order valence-corrected chi connectivity index (χ4v) is 4.29. The van der Waals surface area contributed by atoms with Crippen LogP contribution in [-0.4, -0.2) is 43.0 Å². The van der Waals surface area contributed by atoms with Crippen molar-refractivity contribution in [2.24, 2.45) is 0 Å². The number of hydrogen-bond acceptors (Lipinski definition) is 5. The SMILES string of the molecule is CCOc1cc2c(cc1NC(=O)CN(C)C(=O)c1ccc(Br)s1)OC(C)C2. The van der Waals surface area contributed by atoms with Gasteiger partial charge in [-0.3, -0.25) is 9.59 Å². The lowest BCUT2D eigenvalue weighted by Gasteiger charge is -2.17. The first kappa shape index (κ1) is 19.7. The van der Waals surface area contributed by atoms with Gasteiger partial charge in [-0.1, -0.05) is 0 Å². The molecule has 1 unspecified atom stereocenters. The Bertz CT molecular complexity index is 867. The highest BCUT2D eigenvalue weighted by atomic mass is 79.9. The second-order valence-electron chi connectivity index (χ2n) is 6.33. The predicted octanol–water partition coefficient (Wildman–Crippen LogP) is 3.94. The molecule has 1 aromatic heterocycles. The van der Waals surface area contributed by atoms with Crippen molar-refractivity contribution in [3.05, 3.63) is 38.5 Å². The highest BCUT2D eigenvalue weighted by Gasteiger charge is 2.23. The van der Waals surface area contributed by atoms with Gasteiger partial charge in [0.1, 0.15) is 17.6 Å². The van der Waals surface area contributed by atoms with Crippen molar-refractivity contribution < 1.29 is 19.1 Å². The van der Waals surface area contributed by atoms with Crippen LogP contribution in [0.3, 0.4) is 0 Å². The van der Waals surface area contributed by atoms with Crippen molar-refractivity contribution in [2.75, 3.05) is 25.5 Å². The van der Waals surface area contributed by atoms with Gasteiger partial charge in [-0.05, 0) is 48.0 Å². The van der Waals surface area contributed by atoms with E-state index in [1.165, 1.54) is 16.2 Å². The summed E-state index contributed by atoms with van der Waals surface area (Å²) in [5, 5.41) is 2.84. The first-order chi connectivity index (χ1) is 12.9. The summed E-state index contributed by atoms with van der Waals surface area (Å²) in [5.74, 6) is 0.873. The summed E-state index contributed by atoms with van der Waals surface area (Å²) in [6.45, 7) is 4.32. The van der Waals surface area contributed by atoms with Gasteiger partial charge in [-0.15, -0.1) is 11.3 Å². The summed E-state index contributed by atoms with van der Waals surface area (Å²) in [5.41, 5.74) is 1.62. The number of thiophene rings is 1. The van der Waals surface area contributed by atoms with Crippen LogP contribution in [0.4, 0.5) is 5.69 Å². The number of benzene rings is 1. The maximum absolute atomic E-state index is 12.5. The number of halogens is 1. The summed E-state index contributed by atoms with van der Waals surface area (Å²) >= 11 is 4.67. The van der Waals surface area contributed by atoms with E-state index in [4.69, 9.17) is 9.47 Å². The van der Waals surface area contributed by atoms with Gasteiger partial charge in [0.2, 0.25) is 5.91 Å². The van der Waals surface area contributed by atoms with E-state index >= 15 is 0 Å². The average Bonchev–Trinajstić information content (AvgIpc) is 3.19. The Balaban J connectivity index is 1.70. The third kappa shape index (κ3) is 4.62. The van der Waals surface area contributed by atoms with Crippen molar-refractivity contribution in [2.45, 2.75) is 26.4 Å². The second-order valence-corrected chi connectivity index (χ2v) is 8.80. The van der Waals surface area contributed by atoms with E-state index in [0.717, 1.165) is 21.5 Å². The highest BCUT2D eigenvalue weighted by Crippen LogP contribution is 2.38. The number of carbonyl (C=O) groups is 2. The molecule has 1 aromatic carbocycles. The Morgan fingerprint density at radius 3 is 2.85 bits per heavy atom. The predicted molar refractivity (Wildman–Crippen MR) is 109 cm³/mol. The largest absolute Gasteiger partial charge is 0.492 e. The number of likely N-dealkylation sites (N-methyl/N-ethyl adjacent to an activating group) is 1. The molecule has 0 spiro atoms. The molecule has 0 fully saturated rings. The van der Waals surface area contributed by atoms with Crippen LogP contribution in [-0.2, 0) is 11.2 Å². The van der Waals surface area contributed by atoms with Gasteiger partial charge < -0.3 is 19.7 Å². The van der Waals surface area contributed by atoms with Crippen LogP contribution in [0.5, 0.6) is 11.5 Å². The molecule has 0 aliphatic carbocycles. The Hall–Kier alpha value is -2.06. The first-order valence-corrected chi connectivity index (χ1v) is 10.2. The molecular weight excluding hydrogens is 432 g/mol. The maximum atomic E-state index is 12.5. The summed E-state index contributed by atoms with van der Waals surface area (Å²) in [7, 11) is 1.60. The highest BCUT2D eigenvalue weighted by molar-refractivity contribution is 9.11. The molecule has 144 valence electrons. The van der Waals surface area contributed by atoms with E-state index in [1.54, 1.807) is 19.2 Å². The normalized spacial score (nSPS) is 15.0. The van der Waals surface area contributed by atoms with E-state index in [0.29, 0.717) is 22.9 Å². The molecule has 3 rings (SSSR count). The van der Waals surface area contributed by atoms with Crippen molar-refractivity contribution >= 4 is 44.8 Å². The molecule has 0 bridgehead atoms. The van der Waals surface area contributed by atoms with Gasteiger partial charge in [-0.25, -0.2) is 0 Å². The summed E-state index contributed by atoms with van der Waals surface area (Å²) in [4.78, 5) is 26.8. The van der Waals surface area contributed by atoms with Gasteiger partial charge in [0, 0.05) is 25.1 Å². The number of hydrogen-bond donors (Lipinski definition) is 1. The fourth-order valence-electron chi connectivity index (χ4n) is 2.91. The van der Waals surface area contributed by atoms with Gasteiger partial charge in [0.25, 0.3) is 5.91 Å². The Labute approximate surface area is 170 Å². The molecular formula is C19H21BrN2O4S. The van der Waals surface area contributed by atoms with Crippen LogP contribution in [0.1, 0.15) is 29.1 Å². The van der Waals surface area contributed by atoms with Gasteiger partial charge in [-0.2, -0.15) is 0 Å². The van der Waals surface area contributed by atoms with E-state index in [9.17, 15) is 9.59 Å². The Kier molecular flexibility index (Phi) is 6.06. The lowest BCUT2D eigenvalue weighted by molar-refractivity contribution is -0.116.